The lowest BCUT2D eigenvalue weighted by Crippen LogP contribution is -2.05. The van der Waals surface area contributed by atoms with Crippen LogP contribution in [0.1, 0.15) is 26.2 Å². The van der Waals surface area contributed by atoms with Gasteiger partial charge >= 0.3 is 0 Å². The second-order valence-electron chi connectivity index (χ2n) is 5.60. The van der Waals surface area contributed by atoms with Crippen molar-refractivity contribution in [2.24, 2.45) is 0 Å². The smallest absolute Gasteiger partial charge is 0.294 e. The van der Waals surface area contributed by atoms with Crippen molar-refractivity contribution in [3.05, 3.63) is 24.3 Å². The number of phenolic OH excluding ortho intramolecular Hbond substituents is 1. The van der Waals surface area contributed by atoms with E-state index in [0.29, 0.717) is 6.54 Å². The third-order valence-corrected chi connectivity index (χ3v) is 5.33. The van der Waals surface area contributed by atoms with Crippen LogP contribution in [0, 0.1) is 0 Å². The lowest BCUT2D eigenvalue weighted by molar-refractivity contribution is 0.471. The van der Waals surface area contributed by atoms with Gasteiger partial charge in [-0.3, -0.25) is 9.11 Å². The van der Waals surface area contributed by atoms with Gasteiger partial charge in [-0.05, 0) is 30.0 Å². The van der Waals surface area contributed by atoms with Crippen molar-refractivity contribution in [1.82, 2.24) is 0 Å². The van der Waals surface area contributed by atoms with E-state index in [1.165, 1.54) is 0 Å². The highest BCUT2D eigenvalue weighted by atomic mass is 32.2. The Bertz CT molecular complexity index is 993. The minimum absolute atomic E-state index is 0.0424. The molecule has 0 spiro atoms. The van der Waals surface area contributed by atoms with Gasteiger partial charge in [0.25, 0.3) is 20.2 Å². The Balaban J connectivity index is 2.68. The summed E-state index contributed by atoms with van der Waals surface area (Å²) in [6.45, 7) is 2.52. The zero-order valence-corrected chi connectivity index (χ0v) is 15.1. The molecule has 0 saturated carbocycles. The van der Waals surface area contributed by atoms with Gasteiger partial charge in [-0.1, -0.05) is 19.8 Å². The molecule has 2 aromatic rings. The molecule has 0 aliphatic carbocycles. The average Bonchev–Trinajstić information content (AvgIpc) is 2.49. The van der Waals surface area contributed by atoms with E-state index in [9.17, 15) is 26.5 Å². The van der Waals surface area contributed by atoms with Gasteiger partial charge in [0.1, 0.15) is 5.75 Å². The fraction of sp³-hybridized carbons (Fsp3) is 0.333. The van der Waals surface area contributed by atoms with Crippen molar-refractivity contribution < 1.29 is 31.0 Å². The molecule has 138 valence electrons. The Labute approximate surface area is 146 Å². The molecule has 25 heavy (non-hydrogen) atoms. The first-order valence-electron chi connectivity index (χ1n) is 7.53. The monoisotopic (exact) mass is 389 g/mol. The number of hydrogen-bond acceptors (Lipinski definition) is 6. The van der Waals surface area contributed by atoms with Gasteiger partial charge in [0.15, 0.2) is 0 Å². The number of anilines is 1. The van der Waals surface area contributed by atoms with Crippen molar-refractivity contribution in [3.63, 3.8) is 0 Å². The molecule has 0 atom stereocenters. The van der Waals surface area contributed by atoms with Crippen LogP contribution in [0.4, 0.5) is 5.69 Å². The molecule has 2 aromatic carbocycles. The third-order valence-electron chi connectivity index (χ3n) is 3.67. The van der Waals surface area contributed by atoms with Crippen molar-refractivity contribution >= 4 is 36.7 Å². The van der Waals surface area contributed by atoms with Crippen LogP contribution < -0.4 is 5.32 Å². The second kappa shape index (κ2) is 7.16. The molecule has 0 heterocycles. The molecule has 0 fully saturated rings. The standard InChI is InChI=1S/C15H19NO7S2/c1-2-3-4-5-16-13-8-11(24(18,19)20)6-10-7-12(25(21,22)23)9-14(17)15(10)13/h6-9,16-17H,2-5H2,1H3,(H,18,19,20)(H,21,22,23). The molecule has 0 aromatic heterocycles. The van der Waals surface area contributed by atoms with Crippen LogP contribution in [-0.4, -0.2) is 37.6 Å². The maximum Gasteiger partial charge on any atom is 0.294 e. The maximum atomic E-state index is 11.5. The Morgan fingerprint density at radius 3 is 2.00 bits per heavy atom. The molecule has 0 saturated heterocycles. The van der Waals surface area contributed by atoms with Crippen LogP contribution in [-0.2, 0) is 20.2 Å². The quantitative estimate of drug-likeness (QED) is 0.418. The molecule has 10 heteroatoms. The number of aromatic hydroxyl groups is 1. The Kier molecular flexibility index (Phi) is 5.57. The van der Waals surface area contributed by atoms with Crippen LogP contribution in [0.2, 0.25) is 0 Å². The van der Waals surface area contributed by atoms with E-state index in [1.807, 2.05) is 6.92 Å². The molecule has 2 rings (SSSR count). The lowest BCUT2D eigenvalue weighted by atomic mass is 10.1. The predicted octanol–water partition coefficient (Wildman–Crippen LogP) is 2.64. The number of fused-ring (bicyclic) bond motifs is 1. The van der Waals surface area contributed by atoms with Gasteiger partial charge in [0.05, 0.1) is 9.79 Å². The summed E-state index contributed by atoms with van der Waals surface area (Å²) in [6.07, 6.45) is 2.73. The van der Waals surface area contributed by atoms with Gasteiger partial charge in [0.2, 0.25) is 0 Å². The van der Waals surface area contributed by atoms with Crippen LogP contribution in [0.5, 0.6) is 5.75 Å². The fourth-order valence-corrected chi connectivity index (χ4v) is 3.55. The summed E-state index contributed by atoms with van der Waals surface area (Å²) in [4.78, 5) is -1.04. The first kappa shape index (κ1) is 19.4. The first-order valence-corrected chi connectivity index (χ1v) is 10.4. The number of unbranched alkanes of at least 4 members (excludes halogenated alkanes) is 2. The van der Waals surface area contributed by atoms with Gasteiger partial charge in [0, 0.05) is 23.7 Å². The van der Waals surface area contributed by atoms with E-state index in [4.69, 9.17) is 4.55 Å². The summed E-state index contributed by atoms with van der Waals surface area (Å²) >= 11 is 0. The molecular weight excluding hydrogens is 370 g/mol. The van der Waals surface area contributed by atoms with Crippen LogP contribution in [0.3, 0.4) is 0 Å². The number of hydrogen-bond donors (Lipinski definition) is 4. The van der Waals surface area contributed by atoms with E-state index in [2.05, 4.69) is 5.32 Å². The average molecular weight is 389 g/mol. The van der Waals surface area contributed by atoms with Gasteiger partial charge in [-0.15, -0.1) is 0 Å². The minimum atomic E-state index is -4.59. The number of rotatable bonds is 7. The summed E-state index contributed by atoms with van der Waals surface area (Å²) in [6, 6.07) is 4.09. The number of phenols is 1. The summed E-state index contributed by atoms with van der Waals surface area (Å²) in [7, 11) is -9.14. The van der Waals surface area contributed by atoms with E-state index < -0.39 is 35.8 Å². The zero-order valence-electron chi connectivity index (χ0n) is 13.4. The lowest BCUT2D eigenvalue weighted by Gasteiger charge is -2.13. The summed E-state index contributed by atoms with van der Waals surface area (Å²) in [5.41, 5.74) is 0.237. The van der Waals surface area contributed by atoms with Gasteiger partial charge < -0.3 is 10.4 Å². The van der Waals surface area contributed by atoms with E-state index in [-0.39, 0.29) is 16.5 Å². The normalized spacial score (nSPS) is 12.4. The van der Waals surface area contributed by atoms with Crippen LogP contribution in [0.25, 0.3) is 10.8 Å². The Morgan fingerprint density at radius 2 is 1.48 bits per heavy atom. The van der Waals surface area contributed by atoms with E-state index in [1.54, 1.807) is 0 Å². The largest absolute Gasteiger partial charge is 0.507 e. The SMILES string of the molecule is CCCCCNc1cc(S(=O)(=O)O)cc2cc(S(=O)(=O)O)cc(O)c12. The highest BCUT2D eigenvalue weighted by Crippen LogP contribution is 2.36. The van der Waals surface area contributed by atoms with Crippen LogP contribution >= 0.6 is 0 Å². The summed E-state index contributed by atoms with van der Waals surface area (Å²) < 4.78 is 64.0. The van der Waals surface area contributed by atoms with E-state index in [0.717, 1.165) is 43.5 Å². The molecule has 0 amide bonds. The van der Waals surface area contributed by atoms with Gasteiger partial charge in [-0.25, -0.2) is 0 Å². The van der Waals surface area contributed by atoms with E-state index >= 15 is 0 Å². The predicted molar refractivity (Wildman–Crippen MR) is 93.3 cm³/mol. The van der Waals surface area contributed by atoms with Crippen molar-refractivity contribution in [1.29, 1.82) is 0 Å². The molecule has 0 aliphatic rings. The molecule has 4 N–H and O–H groups in total. The number of benzene rings is 2. The van der Waals surface area contributed by atoms with Crippen molar-refractivity contribution in [2.75, 3.05) is 11.9 Å². The second-order valence-corrected chi connectivity index (χ2v) is 8.44. The maximum absolute atomic E-state index is 11.5. The molecular formula is C15H19NO7S2. The minimum Gasteiger partial charge on any atom is -0.507 e. The summed E-state index contributed by atoms with van der Waals surface area (Å²) in [5.74, 6) is -0.440. The molecule has 8 nitrogen and oxygen atoms in total. The van der Waals surface area contributed by atoms with Gasteiger partial charge in [-0.2, -0.15) is 16.8 Å². The molecule has 0 bridgehead atoms. The van der Waals surface area contributed by atoms with Crippen molar-refractivity contribution in [3.8, 4) is 5.75 Å². The fourth-order valence-electron chi connectivity index (χ4n) is 2.47. The molecule has 0 aliphatic heterocycles. The Morgan fingerprint density at radius 1 is 0.920 bits per heavy atom. The Hall–Kier alpha value is -1.88. The topological polar surface area (TPSA) is 141 Å². The molecule has 0 unspecified atom stereocenters. The molecule has 0 radical (unpaired) electrons. The van der Waals surface area contributed by atoms with Crippen LogP contribution in [0.15, 0.2) is 34.1 Å². The number of nitrogens with one attached hydrogen (secondary N) is 1. The highest BCUT2D eigenvalue weighted by molar-refractivity contribution is 7.86. The summed E-state index contributed by atoms with van der Waals surface area (Å²) in [5, 5.41) is 13.4. The third kappa shape index (κ3) is 4.60. The van der Waals surface area contributed by atoms with Crippen molar-refractivity contribution in [2.45, 2.75) is 36.0 Å². The highest BCUT2D eigenvalue weighted by Gasteiger charge is 2.19. The zero-order chi connectivity index (χ0) is 18.8. The first-order chi connectivity index (χ1) is 11.5.